The summed E-state index contributed by atoms with van der Waals surface area (Å²) in [5, 5.41) is 4.31. The van der Waals surface area contributed by atoms with E-state index in [-0.39, 0.29) is 12.3 Å². The largest absolute Gasteiger partial charge is 0.368 e. The molecule has 9 heteroatoms. The Morgan fingerprint density at radius 3 is 2.34 bits per heavy atom. The third-order valence-electron chi connectivity index (χ3n) is 5.65. The van der Waals surface area contributed by atoms with E-state index in [1.54, 1.807) is 6.07 Å². The van der Waals surface area contributed by atoms with Crippen LogP contribution in [-0.2, 0) is 6.54 Å². The van der Waals surface area contributed by atoms with Crippen LogP contribution in [0.25, 0.3) is 5.65 Å². The highest BCUT2D eigenvalue weighted by Crippen LogP contribution is 2.19. The fourth-order valence-corrected chi connectivity index (χ4v) is 3.89. The Labute approximate surface area is 183 Å². The number of para-hydroxylation sites is 1. The second-order valence-electron chi connectivity index (χ2n) is 7.66. The minimum absolute atomic E-state index is 0.225. The molecule has 2 aromatic heterocycles. The van der Waals surface area contributed by atoms with E-state index in [1.165, 1.54) is 40.7 Å². The minimum atomic E-state index is -0.441. The van der Waals surface area contributed by atoms with E-state index in [0.717, 1.165) is 36.7 Å². The lowest BCUT2D eigenvalue weighted by Gasteiger charge is -2.36. The molecule has 0 radical (unpaired) electrons. The predicted octanol–water partition coefficient (Wildman–Crippen LogP) is 2.24. The first kappa shape index (κ1) is 19.9. The SMILES string of the molecule is O=C(Cn1nc2cc(N3CCN(c4ccccc4)CC3)ncn2c1=O)c1ccc(F)cc1. The van der Waals surface area contributed by atoms with E-state index < -0.39 is 11.5 Å². The molecular weight excluding hydrogens is 411 g/mol. The van der Waals surface area contributed by atoms with Gasteiger partial charge in [0.2, 0.25) is 0 Å². The second-order valence-corrected chi connectivity index (χ2v) is 7.66. The molecule has 0 saturated carbocycles. The average molecular weight is 432 g/mol. The van der Waals surface area contributed by atoms with E-state index in [1.807, 2.05) is 18.2 Å². The van der Waals surface area contributed by atoms with E-state index in [2.05, 4.69) is 32.0 Å². The molecule has 0 spiro atoms. The van der Waals surface area contributed by atoms with Gasteiger partial charge in [-0.05, 0) is 36.4 Å². The molecule has 1 saturated heterocycles. The molecule has 5 rings (SSSR count). The highest BCUT2D eigenvalue weighted by molar-refractivity contribution is 5.95. The minimum Gasteiger partial charge on any atom is -0.368 e. The number of carbonyl (C=O) groups excluding carboxylic acids is 1. The number of anilines is 2. The number of hydrogen-bond acceptors (Lipinski definition) is 6. The van der Waals surface area contributed by atoms with Gasteiger partial charge in [-0.15, -0.1) is 5.10 Å². The Hall–Kier alpha value is -4.01. The van der Waals surface area contributed by atoms with Crippen molar-refractivity contribution in [1.29, 1.82) is 0 Å². The normalized spacial score (nSPS) is 14.2. The van der Waals surface area contributed by atoms with Crippen molar-refractivity contribution in [2.24, 2.45) is 0 Å². The maximum absolute atomic E-state index is 13.1. The Kier molecular flexibility index (Phi) is 5.14. The molecule has 8 nitrogen and oxygen atoms in total. The van der Waals surface area contributed by atoms with Gasteiger partial charge in [-0.3, -0.25) is 4.79 Å². The highest BCUT2D eigenvalue weighted by atomic mass is 19.1. The van der Waals surface area contributed by atoms with E-state index in [4.69, 9.17) is 0 Å². The van der Waals surface area contributed by atoms with Crippen molar-refractivity contribution in [3.05, 3.63) is 88.9 Å². The number of rotatable bonds is 5. The summed E-state index contributed by atoms with van der Waals surface area (Å²) in [6.45, 7) is 3.10. The molecule has 162 valence electrons. The standard InChI is InChI=1S/C23H21FN6O2/c24-18-8-6-17(7-9-18)20(31)15-30-23(32)29-16-25-21(14-22(29)26-30)28-12-10-27(11-13-28)19-4-2-1-3-5-19/h1-9,14,16H,10-13,15H2. The first-order valence-electron chi connectivity index (χ1n) is 10.4. The van der Waals surface area contributed by atoms with E-state index in [9.17, 15) is 14.0 Å². The molecule has 0 N–H and O–H groups in total. The van der Waals surface area contributed by atoms with Gasteiger partial charge in [-0.2, -0.15) is 0 Å². The molecule has 0 aliphatic carbocycles. The van der Waals surface area contributed by atoms with Crippen LogP contribution >= 0.6 is 0 Å². The predicted molar refractivity (Wildman–Crippen MR) is 119 cm³/mol. The Morgan fingerprint density at radius 1 is 0.938 bits per heavy atom. The molecule has 1 aliphatic heterocycles. The summed E-state index contributed by atoms with van der Waals surface area (Å²) in [7, 11) is 0. The lowest BCUT2D eigenvalue weighted by Crippen LogP contribution is -2.46. The topological polar surface area (TPSA) is 75.7 Å². The maximum Gasteiger partial charge on any atom is 0.352 e. The Morgan fingerprint density at radius 2 is 1.62 bits per heavy atom. The van der Waals surface area contributed by atoms with Crippen LogP contribution in [0.2, 0.25) is 0 Å². The maximum atomic E-state index is 13.1. The number of fused-ring (bicyclic) bond motifs is 1. The summed E-state index contributed by atoms with van der Waals surface area (Å²) < 4.78 is 15.5. The van der Waals surface area contributed by atoms with Crippen molar-refractivity contribution >= 4 is 22.9 Å². The number of halogens is 1. The molecule has 32 heavy (non-hydrogen) atoms. The lowest BCUT2D eigenvalue weighted by molar-refractivity contribution is 0.0966. The van der Waals surface area contributed by atoms with Crippen LogP contribution < -0.4 is 15.5 Å². The van der Waals surface area contributed by atoms with Gasteiger partial charge in [0.1, 0.15) is 24.5 Å². The third kappa shape index (κ3) is 3.84. The van der Waals surface area contributed by atoms with Crippen molar-refractivity contribution < 1.29 is 9.18 Å². The lowest BCUT2D eigenvalue weighted by atomic mass is 10.1. The second kappa shape index (κ2) is 8.26. The number of piperazine rings is 1. The average Bonchev–Trinajstić information content (AvgIpc) is 3.14. The Bertz CT molecular complexity index is 1310. The van der Waals surface area contributed by atoms with Crippen LogP contribution in [0.4, 0.5) is 15.9 Å². The molecule has 0 amide bonds. The van der Waals surface area contributed by atoms with Gasteiger partial charge in [0.05, 0.1) is 0 Å². The molecule has 0 bridgehead atoms. The number of carbonyl (C=O) groups is 1. The number of ketones is 1. The van der Waals surface area contributed by atoms with Crippen LogP contribution in [0.3, 0.4) is 0 Å². The van der Waals surface area contributed by atoms with Gasteiger partial charge in [0, 0.05) is 43.5 Å². The van der Waals surface area contributed by atoms with Gasteiger partial charge < -0.3 is 9.80 Å². The number of hydrogen-bond donors (Lipinski definition) is 0. The number of aromatic nitrogens is 4. The monoisotopic (exact) mass is 432 g/mol. The number of nitrogens with zero attached hydrogens (tertiary/aromatic N) is 6. The fourth-order valence-electron chi connectivity index (χ4n) is 3.89. The summed E-state index contributed by atoms with van der Waals surface area (Å²) in [5.41, 5.74) is 1.51. The van der Waals surface area contributed by atoms with Gasteiger partial charge in [-0.25, -0.2) is 23.3 Å². The van der Waals surface area contributed by atoms with Crippen LogP contribution in [0.5, 0.6) is 0 Å². The van der Waals surface area contributed by atoms with Crippen LogP contribution in [0.15, 0.2) is 71.8 Å². The first-order valence-corrected chi connectivity index (χ1v) is 10.4. The molecular formula is C23H21FN6O2. The van der Waals surface area contributed by atoms with Crippen molar-refractivity contribution in [3.63, 3.8) is 0 Å². The van der Waals surface area contributed by atoms with E-state index >= 15 is 0 Å². The van der Waals surface area contributed by atoms with Crippen molar-refractivity contribution in [1.82, 2.24) is 19.2 Å². The summed E-state index contributed by atoms with van der Waals surface area (Å²) in [5.74, 6) is 0.00241. The van der Waals surface area contributed by atoms with Gasteiger partial charge in [0.15, 0.2) is 11.4 Å². The van der Waals surface area contributed by atoms with Gasteiger partial charge in [0.25, 0.3) is 0 Å². The van der Waals surface area contributed by atoms with Gasteiger partial charge >= 0.3 is 5.69 Å². The zero-order valence-electron chi connectivity index (χ0n) is 17.3. The van der Waals surface area contributed by atoms with Crippen molar-refractivity contribution in [2.75, 3.05) is 36.0 Å². The first-order chi connectivity index (χ1) is 15.6. The highest BCUT2D eigenvalue weighted by Gasteiger charge is 2.20. The quantitative estimate of drug-likeness (QED) is 0.451. The molecule has 0 atom stereocenters. The third-order valence-corrected chi connectivity index (χ3v) is 5.65. The Balaban J connectivity index is 1.32. The fraction of sp³-hybridized carbons (Fsp3) is 0.217. The van der Waals surface area contributed by atoms with Crippen LogP contribution in [0, 0.1) is 5.82 Å². The van der Waals surface area contributed by atoms with E-state index in [0.29, 0.717) is 11.2 Å². The summed E-state index contributed by atoms with van der Waals surface area (Å²) in [6, 6.07) is 17.3. The van der Waals surface area contributed by atoms with Crippen LogP contribution in [-0.4, -0.2) is 51.1 Å². The molecule has 1 aliphatic rings. The summed E-state index contributed by atoms with van der Waals surface area (Å²) >= 11 is 0. The summed E-state index contributed by atoms with van der Waals surface area (Å²) in [4.78, 5) is 34.0. The molecule has 2 aromatic carbocycles. The number of Topliss-reactive ketones (excluding diaryl/α,β-unsaturated/α-hetero) is 1. The molecule has 1 fully saturated rings. The van der Waals surface area contributed by atoms with Gasteiger partial charge in [-0.1, -0.05) is 18.2 Å². The zero-order valence-corrected chi connectivity index (χ0v) is 17.3. The summed E-state index contributed by atoms with van der Waals surface area (Å²) in [6.07, 6.45) is 1.45. The molecule has 4 aromatic rings. The van der Waals surface area contributed by atoms with Crippen molar-refractivity contribution in [3.8, 4) is 0 Å². The zero-order chi connectivity index (χ0) is 22.1. The molecule has 3 heterocycles. The van der Waals surface area contributed by atoms with Crippen LogP contribution in [0.1, 0.15) is 10.4 Å². The molecule has 0 unspecified atom stereocenters. The van der Waals surface area contributed by atoms with Crippen molar-refractivity contribution in [2.45, 2.75) is 6.54 Å². The smallest absolute Gasteiger partial charge is 0.352 e. The number of benzene rings is 2.